The van der Waals surface area contributed by atoms with E-state index in [-0.39, 0.29) is 48.8 Å². The monoisotopic (exact) mass is 513 g/mol. The zero-order valence-electron chi connectivity index (χ0n) is 17.7. The van der Waals surface area contributed by atoms with Crippen molar-refractivity contribution < 1.29 is 28.2 Å². The van der Waals surface area contributed by atoms with Gasteiger partial charge in [-0.3, -0.25) is 9.59 Å². The lowest BCUT2D eigenvalue weighted by Gasteiger charge is -2.56. The zero-order valence-corrected chi connectivity index (χ0v) is 19.3. The maximum atomic E-state index is 13.3. The first-order valence-electron chi connectivity index (χ1n) is 10.7. The second kappa shape index (κ2) is 8.70. The molecule has 0 saturated heterocycles. The second-order valence-electron chi connectivity index (χ2n) is 9.31. The summed E-state index contributed by atoms with van der Waals surface area (Å²) in [5, 5.41) is 17.4. The number of hydrogen-bond donors (Lipinski definition) is 2. The lowest BCUT2D eigenvalue weighted by molar-refractivity contribution is -0.216. The van der Waals surface area contributed by atoms with E-state index < -0.39 is 12.0 Å². The smallest absolute Gasteiger partial charge is 0.249 e. The number of hydrogen-bond acceptors (Lipinski definition) is 5. The van der Waals surface area contributed by atoms with Crippen LogP contribution in [0, 0.1) is 12.3 Å². The average Bonchev–Trinajstić information content (AvgIpc) is 2.64. The van der Waals surface area contributed by atoms with E-state index in [1.165, 1.54) is 0 Å². The van der Waals surface area contributed by atoms with Crippen molar-refractivity contribution in [3.63, 3.8) is 0 Å². The Morgan fingerprint density at radius 3 is 2.66 bits per heavy atom. The highest BCUT2D eigenvalue weighted by molar-refractivity contribution is 9.10. The Balaban J connectivity index is 1.46. The molecule has 2 amide bonds. The summed E-state index contributed by atoms with van der Waals surface area (Å²) in [6.07, 6.45) is 1.55. The highest BCUT2D eigenvalue weighted by atomic mass is 79.9. The molecule has 3 aliphatic rings. The van der Waals surface area contributed by atoms with E-state index in [1.54, 1.807) is 6.07 Å². The van der Waals surface area contributed by atoms with Crippen LogP contribution in [0.3, 0.4) is 0 Å². The van der Waals surface area contributed by atoms with Gasteiger partial charge in [-0.05, 0) is 55.7 Å². The van der Waals surface area contributed by atoms with Gasteiger partial charge in [0.05, 0.1) is 6.10 Å². The van der Waals surface area contributed by atoms with Crippen molar-refractivity contribution in [3.8, 4) is 0 Å². The van der Waals surface area contributed by atoms with Crippen LogP contribution in [0.1, 0.15) is 49.7 Å². The van der Waals surface area contributed by atoms with E-state index in [1.807, 2.05) is 19.1 Å². The first-order chi connectivity index (χ1) is 15.1. The van der Waals surface area contributed by atoms with Gasteiger partial charge in [-0.1, -0.05) is 22.0 Å². The molecule has 4 rings (SSSR count). The zero-order chi connectivity index (χ0) is 23.1. The number of rotatable bonds is 7. The number of aryl methyl sites for hydroxylation is 1. The standard InChI is InChI=1S/C22H26BrF2N3O4/c1-13-2-3-14(23)4-18(13)20(32-17-7-21(8-17)10-22(24,25)11-21)27-28(12-29)9-19(31)26-15-5-16(30)6-15/h2-4,12,15-17,30H,5-11H2,1H3,(H,26,31)/b27-20+. The fraction of sp³-hybridized carbons (Fsp3) is 0.591. The maximum Gasteiger partial charge on any atom is 0.249 e. The minimum atomic E-state index is -2.58. The van der Waals surface area contributed by atoms with Crippen LogP contribution < -0.4 is 5.32 Å². The van der Waals surface area contributed by atoms with Gasteiger partial charge in [0, 0.05) is 28.9 Å². The van der Waals surface area contributed by atoms with Gasteiger partial charge in [0.15, 0.2) is 0 Å². The molecule has 0 heterocycles. The number of carbonyl (C=O) groups is 2. The van der Waals surface area contributed by atoms with Crippen molar-refractivity contribution >= 4 is 34.1 Å². The fourth-order valence-electron chi connectivity index (χ4n) is 4.79. The number of ether oxygens (including phenoxy) is 1. The molecule has 3 fully saturated rings. The molecule has 0 bridgehead atoms. The van der Waals surface area contributed by atoms with E-state index in [9.17, 15) is 23.5 Å². The van der Waals surface area contributed by atoms with E-state index in [0.29, 0.717) is 37.7 Å². The topological polar surface area (TPSA) is 91.2 Å². The van der Waals surface area contributed by atoms with Crippen LogP contribution in [0.25, 0.3) is 0 Å². The lowest BCUT2D eigenvalue weighted by atomic mass is 9.53. The number of carbonyl (C=O) groups excluding carboxylic acids is 2. The number of hydrazone groups is 1. The fourth-order valence-corrected chi connectivity index (χ4v) is 5.15. The highest BCUT2D eigenvalue weighted by Gasteiger charge is 2.62. The molecule has 2 N–H and O–H groups in total. The van der Waals surface area contributed by atoms with Crippen LogP contribution in [-0.4, -0.2) is 59.0 Å². The molecule has 0 unspecified atom stereocenters. The van der Waals surface area contributed by atoms with Crippen LogP contribution in [0.2, 0.25) is 0 Å². The molecule has 3 saturated carbocycles. The molecule has 10 heteroatoms. The Morgan fingerprint density at radius 2 is 2.06 bits per heavy atom. The summed E-state index contributed by atoms with van der Waals surface area (Å²) < 4.78 is 33.5. The van der Waals surface area contributed by atoms with E-state index in [4.69, 9.17) is 4.74 Å². The lowest BCUT2D eigenvalue weighted by Crippen LogP contribution is -2.56. The van der Waals surface area contributed by atoms with Crippen LogP contribution >= 0.6 is 15.9 Å². The molecule has 1 aromatic carbocycles. The summed E-state index contributed by atoms with van der Waals surface area (Å²) in [4.78, 5) is 23.9. The summed E-state index contributed by atoms with van der Waals surface area (Å²) in [6, 6.07) is 5.43. The number of halogens is 3. The van der Waals surface area contributed by atoms with Crippen molar-refractivity contribution in [2.24, 2.45) is 10.5 Å². The molecule has 0 aliphatic heterocycles. The van der Waals surface area contributed by atoms with Gasteiger partial charge in [-0.25, -0.2) is 13.8 Å². The van der Waals surface area contributed by atoms with Crippen molar-refractivity contribution in [1.82, 2.24) is 10.3 Å². The molecule has 1 aromatic rings. The molecular formula is C22H26BrF2N3O4. The molecule has 1 spiro atoms. The Hall–Kier alpha value is -2.07. The van der Waals surface area contributed by atoms with Gasteiger partial charge >= 0.3 is 0 Å². The van der Waals surface area contributed by atoms with Crippen LogP contribution in [0.5, 0.6) is 0 Å². The van der Waals surface area contributed by atoms with Crippen molar-refractivity contribution in [2.75, 3.05) is 6.54 Å². The number of benzene rings is 1. The second-order valence-corrected chi connectivity index (χ2v) is 10.2. The predicted molar refractivity (Wildman–Crippen MR) is 116 cm³/mol. The predicted octanol–water partition coefficient (Wildman–Crippen LogP) is 3.11. The normalized spacial score (nSPS) is 25.8. The third-order valence-corrected chi connectivity index (χ3v) is 6.92. The summed E-state index contributed by atoms with van der Waals surface area (Å²) >= 11 is 3.42. The first kappa shape index (κ1) is 23.1. The van der Waals surface area contributed by atoms with E-state index >= 15 is 0 Å². The Kier molecular flexibility index (Phi) is 6.28. The molecular weight excluding hydrogens is 488 g/mol. The quantitative estimate of drug-likeness (QED) is 0.253. The molecule has 7 nitrogen and oxygen atoms in total. The van der Waals surface area contributed by atoms with Gasteiger partial charge in [0.1, 0.15) is 12.6 Å². The van der Waals surface area contributed by atoms with Gasteiger partial charge in [-0.15, -0.1) is 5.10 Å². The van der Waals surface area contributed by atoms with E-state index in [2.05, 4.69) is 26.3 Å². The number of nitrogens with one attached hydrogen (secondary N) is 1. The van der Waals surface area contributed by atoms with Crippen LogP contribution in [-0.2, 0) is 14.3 Å². The van der Waals surface area contributed by atoms with Crippen molar-refractivity contribution in [3.05, 3.63) is 33.8 Å². The molecule has 3 aliphatic carbocycles. The molecule has 32 heavy (non-hydrogen) atoms. The number of nitrogens with zero attached hydrogens (tertiary/aromatic N) is 2. The number of amides is 2. The largest absolute Gasteiger partial charge is 0.473 e. The van der Waals surface area contributed by atoms with Crippen molar-refractivity contribution in [2.45, 2.75) is 69.6 Å². The summed E-state index contributed by atoms with van der Waals surface area (Å²) in [7, 11) is 0. The number of aliphatic hydroxyl groups is 1. The van der Waals surface area contributed by atoms with Crippen molar-refractivity contribution in [1.29, 1.82) is 0 Å². The van der Waals surface area contributed by atoms with Gasteiger partial charge in [0.2, 0.25) is 24.1 Å². The highest BCUT2D eigenvalue weighted by Crippen LogP contribution is 2.63. The molecule has 0 aromatic heterocycles. The number of aliphatic hydroxyl groups excluding tert-OH is 1. The minimum absolute atomic E-state index is 0.107. The van der Waals surface area contributed by atoms with Crippen LogP contribution in [0.4, 0.5) is 8.78 Å². The summed E-state index contributed by atoms with van der Waals surface area (Å²) in [6.45, 7) is 1.58. The third kappa shape index (κ3) is 5.11. The first-order valence-corrected chi connectivity index (χ1v) is 11.4. The third-order valence-electron chi connectivity index (χ3n) is 6.42. The Labute approximate surface area is 193 Å². The van der Waals surface area contributed by atoms with Gasteiger partial charge in [-0.2, -0.15) is 0 Å². The molecule has 0 atom stereocenters. The van der Waals surface area contributed by atoms with Gasteiger partial charge in [0.25, 0.3) is 0 Å². The minimum Gasteiger partial charge on any atom is -0.473 e. The van der Waals surface area contributed by atoms with Gasteiger partial charge < -0.3 is 15.2 Å². The van der Waals surface area contributed by atoms with Crippen LogP contribution in [0.15, 0.2) is 27.8 Å². The SMILES string of the molecule is Cc1ccc(Br)cc1/C(=N\N(C=O)CC(=O)NC1CC(O)C1)OC1CC2(C1)CC(F)(F)C2. The van der Waals surface area contributed by atoms with E-state index in [0.717, 1.165) is 15.0 Å². The molecule has 174 valence electrons. The number of alkyl halides is 2. The maximum absolute atomic E-state index is 13.3. The Bertz CT molecular complexity index is 920. The Morgan fingerprint density at radius 1 is 1.38 bits per heavy atom. The average molecular weight is 514 g/mol. The summed E-state index contributed by atoms with van der Waals surface area (Å²) in [5.41, 5.74) is 1.15. The summed E-state index contributed by atoms with van der Waals surface area (Å²) in [5.74, 6) is -2.79. The molecule has 0 radical (unpaired) electrons.